The predicted octanol–water partition coefficient (Wildman–Crippen LogP) is 2.08. The molecule has 15 heavy (non-hydrogen) atoms. The molecule has 0 unspecified atom stereocenters. The van der Waals surface area contributed by atoms with Crippen LogP contribution in [0.4, 0.5) is 0 Å². The van der Waals surface area contributed by atoms with Crippen LogP contribution < -0.4 is 10.3 Å². The molecule has 0 aromatic carbocycles. The van der Waals surface area contributed by atoms with Crippen molar-refractivity contribution in [2.24, 2.45) is 0 Å². The molecule has 0 amide bonds. The lowest BCUT2D eigenvalue weighted by Gasteiger charge is -2.07. The van der Waals surface area contributed by atoms with Crippen LogP contribution in [0.5, 0.6) is 5.75 Å². The molecular weight excluding hydrogens is 283 g/mol. The molecule has 0 aliphatic carbocycles. The van der Waals surface area contributed by atoms with Crippen LogP contribution in [0.15, 0.2) is 11.0 Å². The highest BCUT2D eigenvalue weighted by atomic mass is 79.9. The number of hydrogen-bond donors (Lipinski definition) is 0. The molecule has 0 aliphatic heterocycles. The molecule has 6 heteroatoms. The fraction of sp³-hybridized carbons (Fsp3) is 0.556. The minimum atomic E-state index is -0.300. The molecule has 0 N–H and O–H groups in total. The Labute approximate surface area is 101 Å². The first kappa shape index (κ1) is 12.5. The standard InChI is InChI=1S/C9H12BrClN2O2/c1-2-4-13-9(14)8(11)7(6-12-13)15-5-3-10/h6H,2-5H2,1H3. The summed E-state index contributed by atoms with van der Waals surface area (Å²) >= 11 is 9.07. The number of alkyl halides is 1. The highest BCUT2D eigenvalue weighted by Gasteiger charge is 2.09. The number of halogens is 2. The summed E-state index contributed by atoms with van der Waals surface area (Å²) in [7, 11) is 0. The average molecular weight is 296 g/mol. The number of aryl methyl sites for hydroxylation is 1. The van der Waals surface area contributed by atoms with Gasteiger partial charge in [-0.15, -0.1) is 0 Å². The quantitative estimate of drug-likeness (QED) is 0.781. The van der Waals surface area contributed by atoms with Crippen molar-refractivity contribution in [3.05, 3.63) is 21.6 Å². The van der Waals surface area contributed by atoms with E-state index in [9.17, 15) is 4.79 Å². The summed E-state index contributed by atoms with van der Waals surface area (Å²) in [5, 5.41) is 4.74. The van der Waals surface area contributed by atoms with Crippen LogP contribution in [0.3, 0.4) is 0 Å². The van der Waals surface area contributed by atoms with Crippen molar-refractivity contribution in [3.63, 3.8) is 0 Å². The Balaban J connectivity index is 2.94. The molecule has 0 aliphatic rings. The van der Waals surface area contributed by atoms with Gasteiger partial charge < -0.3 is 4.74 Å². The Hall–Kier alpha value is -0.550. The monoisotopic (exact) mass is 294 g/mol. The summed E-state index contributed by atoms with van der Waals surface area (Å²) in [6.45, 7) is 2.99. The highest BCUT2D eigenvalue weighted by Crippen LogP contribution is 2.18. The van der Waals surface area contributed by atoms with Gasteiger partial charge in [0.1, 0.15) is 0 Å². The SMILES string of the molecule is CCCn1ncc(OCCBr)c(Cl)c1=O. The van der Waals surface area contributed by atoms with Gasteiger partial charge in [0.05, 0.1) is 12.8 Å². The van der Waals surface area contributed by atoms with Crippen molar-refractivity contribution in [3.8, 4) is 5.75 Å². The van der Waals surface area contributed by atoms with E-state index in [2.05, 4.69) is 21.0 Å². The fourth-order valence-electron chi connectivity index (χ4n) is 1.07. The van der Waals surface area contributed by atoms with E-state index in [1.807, 2.05) is 6.92 Å². The first-order valence-electron chi connectivity index (χ1n) is 4.65. The van der Waals surface area contributed by atoms with E-state index in [1.165, 1.54) is 10.9 Å². The third kappa shape index (κ3) is 3.21. The lowest BCUT2D eigenvalue weighted by Crippen LogP contribution is -2.23. The zero-order valence-corrected chi connectivity index (χ0v) is 10.7. The van der Waals surface area contributed by atoms with E-state index in [-0.39, 0.29) is 10.6 Å². The zero-order chi connectivity index (χ0) is 11.3. The van der Waals surface area contributed by atoms with Crippen LogP contribution in [0, 0.1) is 0 Å². The molecule has 84 valence electrons. The minimum absolute atomic E-state index is 0.0967. The fourth-order valence-corrected chi connectivity index (χ4v) is 1.43. The second-order valence-corrected chi connectivity index (χ2v) is 4.06. The van der Waals surface area contributed by atoms with Gasteiger partial charge in [-0.1, -0.05) is 34.5 Å². The van der Waals surface area contributed by atoms with Crippen LogP contribution in [-0.2, 0) is 6.54 Å². The van der Waals surface area contributed by atoms with E-state index in [1.54, 1.807) is 0 Å². The van der Waals surface area contributed by atoms with E-state index in [0.29, 0.717) is 24.2 Å². The Morgan fingerprint density at radius 3 is 3.00 bits per heavy atom. The molecular formula is C9H12BrClN2O2. The van der Waals surface area contributed by atoms with Crippen LogP contribution in [0.2, 0.25) is 5.02 Å². The molecule has 1 rings (SSSR count). The molecule has 0 spiro atoms. The lowest BCUT2D eigenvalue weighted by molar-refractivity contribution is 0.340. The summed E-state index contributed by atoms with van der Waals surface area (Å²) in [5.41, 5.74) is -0.300. The normalized spacial score (nSPS) is 10.3. The van der Waals surface area contributed by atoms with Gasteiger partial charge in [0.25, 0.3) is 5.56 Å². The Morgan fingerprint density at radius 2 is 2.40 bits per heavy atom. The first-order valence-corrected chi connectivity index (χ1v) is 6.15. The minimum Gasteiger partial charge on any atom is -0.489 e. The number of rotatable bonds is 5. The van der Waals surface area contributed by atoms with Gasteiger partial charge in [0.15, 0.2) is 10.8 Å². The van der Waals surface area contributed by atoms with Gasteiger partial charge in [-0.25, -0.2) is 4.68 Å². The van der Waals surface area contributed by atoms with Gasteiger partial charge in [-0.3, -0.25) is 4.79 Å². The van der Waals surface area contributed by atoms with Gasteiger partial charge >= 0.3 is 0 Å². The summed E-state index contributed by atoms with van der Waals surface area (Å²) in [6.07, 6.45) is 2.31. The summed E-state index contributed by atoms with van der Waals surface area (Å²) < 4.78 is 6.58. The number of nitrogens with zero attached hydrogens (tertiary/aromatic N) is 2. The van der Waals surface area contributed by atoms with Gasteiger partial charge in [0, 0.05) is 11.9 Å². The summed E-state index contributed by atoms with van der Waals surface area (Å²) in [6, 6.07) is 0. The van der Waals surface area contributed by atoms with Crippen LogP contribution in [0.1, 0.15) is 13.3 Å². The second kappa shape index (κ2) is 6.12. The maximum Gasteiger partial charge on any atom is 0.289 e. The number of ether oxygens (including phenoxy) is 1. The van der Waals surface area contributed by atoms with Crippen LogP contribution in [0.25, 0.3) is 0 Å². The number of hydrogen-bond acceptors (Lipinski definition) is 3. The van der Waals surface area contributed by atoms with Crippen molar-refractivity contribution in [1.29, 1.82) is 0 Å². The van der Waals surface area contributed by atoms with Crippen molar-refractivity contribution < 1.29 is 4.74 Å². The molecule has 0 bridgehead atoms. The van der Waals surface area contributed by atoms with Gasteiger partial charge in [0.2, 0.25) is 0 Å². The summed E-state index contributed by atoms with van der Waals surface area (Å²) in [5.74, 6) is 0.341. The van der Waals surface area contributed by atoms with Crippen molar-refractivity contribution in [2.75, 3.05) is 11.9 Å². The molecule has 0 fully saturated rings. The Bertz CT molecular complexity index is 381. The maximum absolute atomic E-state index is 11.6. The molecule has 1 heterocycles. The lowest BCUT2D eigenvalue weighted by atomic mass is 10.4. The number of aromatic nitrogens is 2. The van der Waals surface area contributed by atoms with Crippen LogP contribution in [-0.4, -0.2) is 21.7 Å². The third-order valence-corrected chi connectivity index (χ3v) is 2.39. The molecule has 0 saturated carbocycles. The predicted molar refractivity (Wildman–Crippen MR) is 63.1 cm³/mol. The topological polar surface area (TPSA) is 44.1 Å². The Morgan fingerprint density at radius 1 is 1.67 bits per heavy atom. The molecule has 0 saturated heterocycles. The van der Waals surface area contributed by atoms with Gasteiger partial charge in [-0.05, 0) is 6.42 Å². The van der Waals surface area contributed by atoms with E-state index >= 15 is 0 Å². The highest BCUT2D eigenvalue weighted by molar-refractivity contribution is 9.09. The van der Waals surface area contributed by atoms with E-state index in [4.69, 9.17) is 16.3 Å². The van der Waals surface area contributed by atoms with E-state index < -0.39 is 0 Å². The van der Waals surface area contributed by atoms with E-state index in [0.717, 1.165) is 6.42 Å². The van der Waals surface area contributed by atoms with Crippen molar-refractivity contribution in [1.82, 2.24) is 9.78 Å². The Kier molecular flexibility index (Phi) is 5.11. The third-order valence-electron chi connectivity index (χ3n) is 1.72. The van der Waals surface area contributed by atoms with Crippen molar-refractivity contribution >= 4 is 27.5 Å². The smallest absolute Gasteiger partial charge is 0.289 e. The van der Waals surface area contributed by atoms with Gasteiger partial charge in [-0.2, -0.15) is 5.10 Å². The maximum atomic E-state index is 11.6. The zero-order valence-electron chi connectivity index (χ0n) is 8.37. The van der Waals surface area contributed by atoms with Crippen molar-refractivity contribution in [2.45, 2.75) is 19.9 Å². The first-order chi connectivity index (χ1) is 7.20. The summed E-state index contributed by atoms with van der Waals surface area (Å²) in [4.78, 5) is 11.6. The molecule has 0 radical (unpaired) electrons. The van der Waals surface area contributed by atoms with Crippen LogP contribution >= 0.6 is 27.5 Å². The second-order valence-electron chi connectivity index (χ2n) is 2.89. The molecule has 4 nitrogen and oxygen atoms in total. The molecule has 1 aromatic heterocycles. The largest absolute Gasteiger partial charge is 0.489 e. The molecule has 1 aromatic rings. The molecule has 0 atom stereocenters. The average Bonchev–Trinajstić information content (AvgIpc) is 2.24.